The molecular formula is C64H69N5O19. The van der Waals surface area contributed by atoms with Crippen molar-refractivity contribution in [1.29, 1.82) is 0 Å². The minimum Gasteiger partial charge on any atom is -0.394 e. The highest BCUT2D eigenvalue weighted by Crippen LogP contribution is 2.33. The molecule has 464 valence electrons. The number of hydrogen-bond acceptors (Lipinski definition) is 24. The zero-order chi connectivity index (χ0) is 63.8. The summed E-state index contributed by atoms with van der Waals surface area (Å²) in [4.78, 5) is 64.5. The molecule has 0 amide bonds. The average Bonchev–Trinajstić information content (AvgIpc) is 3.24. The van der Waals surface area contributed by atoms with Crippen LogP contribution in [0.4, 0.5) is 17.1 Å². The molecule has 16 N–H and O–H groups in total. The van der Waals surface area contributed by atoms with Crippen molar-refractivity contribution in [2.75, 3.05) is 19.8 Å². The molecule has 88 heavy (non-hydrogen) atoms. The van der Waals surface area contributed by atoms with Crippen molar-refractivity contribution in [2.45, 2.75) is 105 Å². The Morgan fingerprint density at radius 2 is 0.909 bits per heavy atom. The summed E-state index contributed by atoms with van der Waals surface area (Å²) < 4.78 is 5.57. The van der Waals surface area contributed by atoms with Gasteiger partial charge in [-0.2, -0.15) is 0 Å². The summed E-state index contributed by atoms with van der Waals surface area (Å²) in [6, 6.07) is 43.3. The molecule has 6 aromatic carbocycles. The summed E-state index contributed by atoms with van der Waals surface area (Å²) in [5.41, 5.74) is 15.2. The standard InChI is InChI=1S/C22H23NO6.C21H22N2O6.C15H12N2O.C6H12O6/c24-11-18-21(27)22(28)20(26)17(29-18)10-15-9-14-8-13(6-7-16(14)23-15)19(25)12-4-2-1-3-5-12;24-11-17(26)21(29)20(28)16(25)10-22-18-9-14-8-13(6-7-15(14)23-18)19(27)12-4-2-1-3-5-12;16-14-9-12-8-11(6-7-13(12)17-14)15(18)10-4-2-1-3-5-10;7-1-3(9)5(11)6(12)4(10)2-8/h1-8,17-18,20-22,24,26-28H,9-11H2;1-8,10,16-17,20-21,24-26,28-29H,9,11H2;1-8H,9H2,(H2,16,17);1,3-6,8-12H,2H2. The van der Waals surface area contributed by atoms with Crippen LogP contribution < -0.4 is 5.73 Å². The van der Waals surface area contributed by atoms with Gasteiger partial charge >= 0.3 is 0 Å². The highest BCUT2D eigenvalue weighted by molar-refractivity contribution is 6.11. The van der Waals surface area contributed by atoms with Crippen LogP contribution in [0.1, 0.15) is 70.9 Å². The number of aliphatic hydroxyl groups excluding tert-OH is 14. The summed E-state index contributed by atoms with van der Waals surface area (Å²) in [6.45, 7) is -1.98. The lowest BCUT2D eigenvalue weighted by molar-refractivity contribution is -0.227. The molecule has 0 aliphatic carbocycles. The third-order valence-electron chi connectivity index (χ3n) is 14.5. The van der Waals surface area contributed by atoms with Crippen molar-refractivity contribution in [3.8, 4) is 0 Å². The third kappa shape index (κ3) is 17.1. The highest BCUT2D eigenvalue weighted by atomic mass is 16.5. The van der Waals surface area contributed by atoms with Gasteiger partial charge in [-0.25, -0.2) is 15.0 Å². The van der Waals surface area contributed by atoms with Gasteiger partial charge in [-0.1, -0.05) is 91.0 Å². The molecule has 4 aliphatic rings. The molecule has 4 heterocycles. The number of carbonyl (C=O) groups is 4. The van der Waals surface area contributed by atoms with Gasteiger partial charge in [0.05, 0.1) is 43.0 Å². The number of nitrogens with two attached hydrogens (primary N) is 1. The fourth-order valence-corrected chi connectivity index (χ4v) is 9.55. The number of benzene rings is 6. The molecule has 0 spiro atoms. The Morgan fingerprint density at radius 3 is 1.35 bits per heavy atom. The Bertz CT molecular complexity index is 3480. The fraction of sp³-hybridized carbons (Fsp3) is 0.312. The fourth-order valence-electron chi connectivity index (χ4n) is 9.55. The Labute approximate surface area is 504 Å². The quantitative estimate of drug-likeness (QED) is 0.0285. The second kappa shape index (κ2) is 31.7. The van der Waals surface area contributed by atoms with Crippen molar-refractivity contribution in [3.05, 3.63) is 196 Å². The molecule has 13 unspecified atom stereocenters. The van der Waals surface area contributed by atoms with Gasteiger partial charge in [0.1, 0.15) is 84.9 Å². The van der Waals surface area contributed by atoms with Crippen LogP contribution in [-0.2, 0) is 28.8 Å². The van der Waals surface area contributed by atoms with Gasteiger partial charge in [0.25, 0.3) is 0 Å². The first kappa shape index (κ1) is 67.4. The zero-order valence-electron chi connectivity index (χ0n) is 47.1. The van der Waals surface area contributed by atoms with Gasteiger partial charge in [0.15, 0.2) is 23.6 Å². The first-order chi connectivity index (χ1) is 42.2. The van der Waals surface area contributed by atoms with E-state index in [4.69, 9.17) is 41.1 Å². The van der Waals surface area contributed by atoms with E-state index in [-0.39, 0.29) is 30.1 Å². The van der Waals surface area contributed by atoms with E-state index in [1.165, 1.54) is 0 Å². The molecule has 10 rings (SSSR count). The molecule has 0 radical (unpaired) electrons. The van der Waals surface area contributed by atoms with Gasteiger partial charge in [-0.15, -0.1) is 0 Å². The first-order valence-corrected chi connectivity index (χ1v) is 27.8. The smallest absolute Gasteiger partial charge is 0.193 e. The van der Waals surface area contributed by atoms with Gasteiger partial charge < -0.3 is 86.8 Å². The normalized spacial score (nSPS) is 20.8. The van der Waals surface area contributed by atoms with E-state index in [1.54, 1.807) is 72.8 Å². The molecule has 24 heteroatoms. The number of amidine groups is 2. The van der Waals surface area contributed by atoms with Crippen molar-refractivity contribution >= 4 is 64.3 Å². The predicted octanol–water partition coefficient (Wildman–Crippen LogP) is -0.127. The number of aliphatic hydroxyl groups is 14. The minimum absolute atomic E-state index is 0.0258. The van der Waals surface area contributed by atoms with Crippen LogP contribution in [0.3, 0.4) is 0 Å². The Morgan fingerprint density at radius 1 is 0.500 bits per heavy atom. The second-order valence-corrected chi connectivity index (χ2v) is 20.9. The van der Waals surface area contributed by atoms with Gasteiger partial charge in [-0.3, -0.25) is 19.4 Å². The highest BCUT2D eigenvalue weighted by Gasteiger charge is 2.44. The number of aliphatic imine (C=N–C) groups is 4. The van der Waals surface area contributed by atoms with Crippen LogP contribution in [0, 0.1) is 0 Å². The van der Waals surface area contributed by atoms with Crippen LogP contribution in [-0.4, -0.2) is 218 Å². The number of carbonyl (C=O) groups excluding carboxylic acids is 4. The zero-order valence-corrected chi connectivity index (χ0v) is 47.1. The number of aldehydes is 1. The molecule has 24 nitrogen and oxygen atoms in total. The molecule has 0 saturated carbocycles. The molecule has 13 atom stereocenters. The molecule has 1 saturated heterocycles. The SMILES string of the molecule is NC1=Nc2ccc(C(=O)c3ccccc3)cc2C1.O=C(c1ccccc1)c1ccc2c(c1)CC(CC1OC(CO)C(O)C(O)C1O)=N2.O=C(c1ccccc1)c1ccc2c(c1)CC(N=CC(O)C(O)C(O)C(O)CO)=N2.O=CC(O)C(O)C(O)C(O)CO. The first-order valence-electron chi connectivity index (χ1n) is 27.8. The van der Waals surface area contributed by atoms with Crippen LogP contribution in [0.15, 0.2) is 166 Å². The summed E-state index contributed by atoms with van der Waals surface area (Å²) in [5, 5.41) is 130. The maximum Gasteiger partial charge on any atom is 0.193 e. The van der Waals surface area contributed by atoms with Gasteiger partial charge in [0.2, 0.25) is 0 Å². The average molecular weight is 1210 g/mol. The number of fused-ring (bicyclic) bond motifs is 3. The number of hydrogen-bond donors (Lipinski definition) is 15. The monoisotopic (exact) mass is 1210 g/mol. The summed E-state index contributed by atoms with van der Waals surface area (Å²) in [5.74, 6) is 0.849. The van der Waals surface area contributed by atoms with Crippen molar-refractivity contribution in [2.24, 2.45) is 25.7 Å². The van der Waals surface area contributed by atoms with E-state index in [1.807, 2.05) is 72.8 Å². The Kier molecular flexibility index (Phi) is 24.3. The molecular weight excluding hydrogens is 1140 g/mol. The number of ketones is 3. The van der Waals surface area contributed by atoms with Crippen LogP contribution in [0.5, 0.6) is 0 Å². The Balaban J connectivity index is 0.000000176. The van der Waals surface area contributed by atoms with Gasteiger partial charge in [-0.05, 0) is 71.3 Å². The summed E-state index contributed by atoms with van der Waals surface area (Å²) in [7, 11) is 0. The van der Waals surface area contributed by atoms with E-state index >= 15 is 0 Å². The van der Waals surface area contributed by atoms with Crippen molar-refractivity contribution < 1.29 is 95.4 Å². The lowest BCUT2D eigenvalue weighted by Gasteiger charge is -2.40. The third-order valence-corrected chi connectivity index (χ3v) is 14.5. The van der Waals surface area contributed by atoms with E-state index in [0.29, 0.717) is 70.0 Å². The second-order valence-electron chi connectivity index (χ2n) is 20.9. The number of nitrogens with zero attached hydrogens (tertiary/aromatic N) is 4. The van der Waals surface area contributed by atoms with E-state index in [0.717, 1.165) is 40.0 Å². The van der Waals surface area contributed by atoms with Crippen LogP contribution in [0.25, 0.3) is 0 Å². The molecule has 4 aliphatic heterocycles. The lowest BCUT2D eigenvalue weighted by Crippen LogP contribution is -2.58. The summed E-state index contributed by atoms with van der Waals surface area (Å²) in [6.07, 6.45) is -16.5. The van der Waals surface area contributed by atoms with Crippen LogP contribution in [0.2, 0.25) is 0 Å². The lowest BCUT2D eigenvalue weighted by atomic mass is 9.91. The van der Waals surface area contributed by atoms with E-state index in [9.17, 15) is 60.0 Å². The largest absolute Gasteiger partial charge is 0.394 e. The summed E-state index contributed by atoms with van der Waals surface area (Å²) >= 11 is 0. The van der Waals surface area contributed by atoms with E-state index in [2.05, 4.69) is 20.0 Å². The van der Waals surface area contributed by atoms with E-state index < -0.39 is 99.2 Å². The molecule has 1 fully saturated rings. The van der Waals surface area contributed by atoms with Crippen LogP contribution >= 0.6 is 0 Å². The Hall–Kier alpha value is -8.12. The minimum atomic E-state index is -1.79. The van der Waals surface area contributed by atoms with Gasteiger partial charge in [0, 0.05) is 71.0 Å². The maximum absolute atomic E-state index is 12.7. The molecule has 0 aromatic heterocycles. The predicted molar refractivity (Wildman–Crippen MR) is 321 cm³/mol. The number of ether oxygens (including phenoxy) is 1. The van der Waals surface area contributed by atoms with Crippen molar-refractivity contribution in [3.63, 3.8) is 0 Å². The molecule has 0 bridgehead atoms. The maximum atomic E-state index is 12.7. The molecule has 6 aromatic rings. The van der Waals surface area contributed by atoms with Crippen molar-refractivity contribution in [1.82, 2.24) is 0 Å². The number of rotatable bonds is 19. The topological polar surface area (TPSA) is 436 Å².